The van der Waals surface area contributed by atoms with Gasteiger partial charge in [-0.3, -0.25) is 4.98 Å². The highest BCUT2D eigenvalue weighted by molar-refractivity contribution is 5.94. The van der Waals surface area contributed by atoms with Gasteiger partial charge in [-0.25, -0.2) is 9.59 Å². The van der Waals surface area contributed by atoms with Crippen LogP contribution in [0, 0.1) is 0 Å². The van der Waals surface area contributed by atoms with Gasteiger partial charge in [0, 0.05) is 24.8 Å². The molecule has 7 nitrogen and oxygen atoms in total. The molecule has 1 heterocycles. The molecule has 0 spiro atoms. The number of carboxylic acid groups (broad SMARTS) is 1. The lowest BCUT2D eigenvalue weighted by Crippen LogP contribution is -2.33. The lowest BCUT2D eigenvalue weighted by atomic mass is 10.1. The summed E-state index contributed by atoms with van der Waals surface area (Å²) in [5.74, 6) is -1.14. The normalized spacial score (nSPS) is 10.9. The second-order valence-corrected chi connectivity index (χ2v) is 5.21. The maximum absolute atomic E-state index is 11.4. The van der Waals surface area contributed by atoms with E-state index in [4.69, 9.17) is 15.6 Å². The van der Waals surface area contributed by atoms with Gasteiger partial charge in [-0.05, 0) is 26.8 Å². The van der Waals surface area contributed by atoms with Gasteiger partial charge in [0.15, 0.2) is 0 Å². The Morgan fingerprint density at radius 3 is 2.65 bits per heavy atom. The largest absolute Gasteiger partial charge is 0.478 e. The van der Waals surface area contributed by atoms with Crippen LogP contribution in [0.1, 0.15) is 36.8 Å². The Morgan fingerprint density at radius 1 is 1.45 bits per heavy atom. The van der Waals surface area contributed by atoms with Crippen molar-refractivity contribution in [3.8, 4) is 0 Å². The number of rotatable bonds is 4. The van der Waals surface area contributed by atoms with Crippen molar-refractivity contribution in [2.75, 3.05) is 12.3 Å². The molecule has 4 N–H and O–H groups in total. The van der Waals surface area contributed by atoms with E-state index < -0.39 is 17.7 Å². The summed E-state index contributed by atoms with van der Waals surface area (Å²) in [7, 11) is 0. The first kappa shape index (κ1) is 15.7. The number of pyridine rings is 1. The minimum absolute atomic E-state index is 0.0292. The summed E-state index contributed by atoms with van der Waals surface area (Å²) in [6, 6.07) is 1.42. The van der Waals surface area contributed by atoms with Crippen LogP contribution in [0.2, 0.25) is 0 Å². The summed E-state index contributed by atoms with van der Waals surface area (Å²) in [4.78, 5) is 26.5. The highest BCUT2D eigenvalue weighted by atomic mass is 16.6. The van der Waals surface area contributed by atoms with Crippen molar-refractivity contribution in [1.29, 1.82) is 0 Å². The Hall–Kier alpha value is -2.31. The Kier molecular flexibility index (Phi) is 4.90. The molecule has 0 aliphatic rings. The van der Waals surface area contributed by atoms with Gasteiger partial charge in [-0.1, -0.05) is 0 Å². The third-order valence-corrected chi connectivity index (χ3v) is 2.31. The highest BCUT2D eigenvalue weighted by Crippen LogP contribution is 2.15. The number of alkyl carbamates (subject to hydrolysis) is 1. The predicted octanol–water partition coefficient (Wildman–Crippen LogP) is 1.43. The molecule has 20 heavy (non-hydrogen) atoms. The molecule has 0 atom stereocenters. The number of nitrogens with one attached hydrogen (secondary N) is 1. The van der Waals surface area contributed by atoms with E-state index in [1.165, 1.54) is 12.3 Å². The zero-order chi connectivity index (χ0) is 15.3. The van der Waals surface area contributed by atoms with Gasteiger partial charge in [0.25, 0.3) is 0 Å². The smallest absolute Gasteiger partial charge is 0.407 e. The first-order valence-electron chi connectivity index (χ1n) is 6.14. The number of hydrogen-bond donors (Lipinski definition) is 3. The van der Waals surface area contributed by atoms with Crippen molar-refractivity contribution in [3.05, 3.63) is 23.5 Å². The van der Waals surface area contributed by atoms with Crippen LogP contribution >= 0.6 is 0 Å². The molecule has 0 aliphatic heterocycles. The van der Waals surface area contributed by atoms with Crippen LogP contribution in [0.5, 0.6) is 0 Å². The average molecular weight is 281 g/mol. The van der Waals surface area contributed by atoms with Crippen LogP contribution in [0.25, 0.3) is 0 Å². The van der Waals surface area contributed by atoms with Crippen LogP contribution in [-0.4, -0.2) is 34.3 Å². The number of carbonyl (C=O) groups is 2. The Morgan fingerprint density at radius 2 is 2.10 bits per heavy atom. The Bertz CT molecular complexity index is 509. The molecule has 1 amide bonds. The first-order valence-corrected chi connectivity index (χ1v) is 6.14. The number of anilines is 1. The molecular formula is C13H19N3O4. The van der Waals surface area contributed by atoms with E-state index in [9.17, 15) is 9.59 Å². The first-order chi connectivity index (χ1) is 9.20. The van der Waals surface area contributed by atoms with E-state index in [2.05, 4.69) is 10.3 Å². The zero-order valence-electron chi connectivity index (χ0n) is 11.8. The molecule has 1 aromatic rings. The highest BCUT2D eigenvalue weighted by Gasteiger charge is 2.17. The molecule has 1 aromatic heterocycles. The Balaban J connectivity index is 2.61. The number of carbonyl (C=O) groups excluding carboxylic acids is 1. The fraction of sp³-hybridized carbons (Fsp3) is 0.462. The molecule has 0 fully saturated rings. The van der Waals surface area contributed by atoms with Crippen LogP contribution in [-0.2, 0) is 11.2 Å². The second-order valence-electron chi connectivity index (χ2n) is 5.21. The summed E-state index contributed by atoms with van der Waals surface area (Å²) < 4.78 is 5.07. The number of nitrogens with zero attached hydrogens (tertiary/aromatic N) is 1. The lowest BCUT2D eigenvalue weighted by Gasteiger charge is -2.19. The molecule has 110 valence electrons. The number of nitrogen functional groups attached to an aromatic ring is 1. The second kappa shape index (κ2) is 6.23. The fourth-order valence-corrected chi connectivity index (χ4v) is 1.56. The minimum atomic E-state index is -1.14. The number of hydrogen-bond acceptors (Lipinski definition) is 5. The average Bonchev–Trinajstić information content (AvgIpc) is 2.25. The van der Waals surface area contributed by atoms with Crippen molar-refractivity contribution >= 4 is 17.7 Å². The molecule has 0 saturated heterocycles. The summed E-state index contributed by atoms with van der Waals surface area (Å²) in [5.41, 5.74) is 5.48. The van der Waals surface area contributed by atoms with Crippen LogP contribution in [0.3, 0.4) is 0 Å². The van der Waals surface area contributed by atoms with Crippen molar-refractivity contribution in [1.82, 2.24) is 10.3 Å². The van der Waals surface area contributed by atoms with Gasteiger partial charge in [0.1, 0.15) is 11.2 Å². The number of carboxylic acids is 1. The quantitative estimate of drug-likeness (QED) is 0.769. The third-order valence-electron chi connectivity index (χ3n) is 2.31. The third kappa shape index (κ3) is 4.75. The Labute approximate surface area is 117 Å². The molecule has 1 rings (SSSR count). The van der Waals surface area contributed by atoms with E-state index in [1.807, 2.05) is 0 Å². The van der Waals surface area contributed by atoms with Crippen LogP contribution in [0.15, 0.2) is 12.3 Å². The van der Waals surface area contributed by atoms with Crippen LogP contribution in [0.4, 0.5) is 10.5 Å². The molecule has 0 aliphatic carbocycles. The maximum Gasteiger partial charge on any atom is 0.407 e. The van der Waals surface area contributed by atoms with Gasteiger partial charge < -0.3 is 20.9 Å². The molecule has 7 heteroatoms. The predicted molar refractivity (Wildman–Crippen MR) is 73.5 cm³/mol. The number of nitrogens with two attached hydrogens (primary N) is 1. The number of aromatic carboxylic acids is 1. The van der Waals surface area contributed by atoms with E-state index in [0.717, 1.165) is 0 Å². The maximum atomic E-state index is 11.4. The molecule has 0 unspecified atom stereocenters. The van der Waals surface area contributed by atoms with Crippen molar-refractivity contribution in [3.63, 3.8) is 0 Å². The van der Waals surface area contributed by atoms with Crippen molar-refractivity contribution in [2.24, 2.45) is 0 Å². The molecule has 0 bridgehead atoms. The summed E-state index contributed by atoms with van der Waals surface area (Å²) in [5, 5.41) is 11.6. The van der Waals surface area contributed by atoms with E-state index in [-0.39, 0.29) is 24.2 Å². The van der Waals surface area contributed by atoms with Gasteiger partial charge in [-0.2, -0.15) is 0 Å². The summed E-state index contributed by atoms with van der Waals surface area (Å²) >= 11 is 0. The van der Waals surface area contributed by atoms with E-state index >= 15 is 0 Å². The van der Waals surface area contributed by atoms with Crippen molar-refractivity contribution < 1.29 is 19.4 Å². The number of aromatic nitrogens is 1. The molecular weight excluding hydrogens is 262 g/mol. The van der Waals surface area contributed by atoms with Gasteiger partial charge >= 0.3 is 12.1 Å². The van der Waals surface area contributed by atoms with Crippen LogP contribution < -0.4 is 11.1 Å². The van der Waals surface area contributed by atoms with E-state index in [1.54, 1.807) is 20.8 Å². The SMILES string of the molecule is CC(C)(C)OC(=O)NCCc1nccc(N)c1C(=O)O. The monoisotopic (exact) mass is 281 g/mol. The molecule has 0 aromatic carbocycles. The van der Waals surface area contributed by atoms with Gasteiger partial charge in [0.05, 0.1) is 5.69 Å². The minimum Gasteiger partial charge on any atom is -0.478 e. The van der Waals surface area contributed by atoms with E-state index in [0.29, 0.717) is 5.69 Å². The van der Waals surface area contributed by atoms with Gasteiger partial charge in [0.2, 0.25) is 0 Å². The lowest BCUT2D eigenvalue weighted by molar-refractivity contribution is 0.0528. The summed E-state index contributed by atoms with van der Waals surface area (Å²) in [6.45, 7) is 5.49. The van der Waals surface area contributed by atoms with Crippen molar-refractivity contribution in [2.45, 2.75) is 32.8 Å². The number of ether oxygens (including phenoxy) is 1. The molecule has 0 saturated carbocycles. The molecule has 0 radical (unpaired) electrons. The standard InChI is InChI=1S/C13H19N3O4/c1-13(2,3)20-12(19)16-7-5-9-10(11(17)18)8(14)4-6-15-9/h4,6H,5,7H2,1-3H3,(H2,14,15)(H,16,19)(H,17,18). The zero-order valence-corrected chi connectivity index (χ0v) is 11.8. The summed E-state index contributed by atoms with van der Waals surface area (Å²) in [6.07, 6.45) is 1.13. The topological polar surface area (TPSA) is 115 Å². The van der Waals surface area contributed by atoms with Gasteiger partial charge in [-0.15, -0.1) is 0 Å². The number of amides is 1. The fourth-order valence-electron chi connectivity index (χ4n) is 1.56.